The van der Waals surface area contributed by atoms with Crippen molar-refractivity contribution in [2.45, 2.75) is 17.9 Å². The van der Waals surface area contributed by atoms with Crippen LogP contribution in [0.4, 0.5) is 0 Å². The number of rotatable bonds is 5. The molecule has 1 aromatic rings. The molecule has 5 nitrogen and oxygen atoms in total. The summed E-state index contributed by atoms with van der Waals surface area (Å²) in [5.41, 5.74) is 0. The molecular formula is C9H12Cl2N2O3S. The summed E-state index contributed by atoms with van der Waals surface area (Å²) in [5.74, 6) is 0. The predicted octanol–water partition coefficient (Wildman–Crippen LogP) is 1.70. The Morgan fingerprint density at radius 3 is 2.71 bits per heavy atom. The van der Waals surface area contributed by atoms with E-state index in [1.54, 1.807) is 6.92 Å². The number of hydrogen-bond acceptors (Lipinski definition) is 4. The van der Waals surface area contributed by atoms with Gasteiger partial charge in [0.2, 0.25) is 10.0 Å². The van der Waals surface area contributed by atoms with Crippen molar-refractivity contribution >= 4 is 33.2 Å². The Hall–Kier alpha value is -0.400. The van der Waals surface area contributed by atoms with Gasteiger partial charge in [0.05, 0.1) is 11.6 Å². The number of ether oxygens (including phenoxy) is 1. The first-order valence-electron chi connectivity index (χ1n) is 4.69. The zero-order chi connectivity index (χ0) is 13.1. The van der Waals surface area contributed by atoms with Gasteiger partial charge < -0.3 is 4.74 Å². The van der Waals surface area contributed by atoms with Crippen LogP contribution in [0.3, 0.4) is 0 Å². The molecule has 1 atom stereocenters. The van der Waals surface area contributed by atoms with Crippen molar-refractivity contribution in [1.82, 2.24) is 9.71 Å². The van der Waals surface area contributed by atoms with Gasteiger partial charge in [-0.15, -0.1) is 0 Å². The Morgan fingerprint density at radius 2 is 2.18 bits per heavy atom. The Labute approximate surface area is 110 Å². The molecule has 0 aromatic carbocycles. The summed E-state index contributed by atoms with van der Waals surface area (Å²) in [6.45, 7) is 1.96. The molecule has 0 aliphatic heterocycles. The van der Waals surface area contributed by atoms with Gasteiger partial charge in [-0.3, -0.25) is 0 Å². The lowest BCUT2D eigenvalue weighted by Crippen LogP contribution is -2.35. The zero-order valence-corrected chi connectivity index (χ0v) is 11.6. The van der Waals surface area contributed by atoms with Crippen LogP contribution in [-0.4, -0.2) is 33.2 Å². The molecule has 0 aliphatic rings. The van der Waals surface area contributed by atoms with Crippen LogP contribution in [0.2, 0.25) is 10.2 Å². The second kappa shape index (κ2) is 5.97. The normalized spacial score (nSPS) is 13.6. The minimum absolute atomic E-state index is 0.0325. The average Bonchev–Trinajstić information content (AvgIpc) is 2.21. The molecule has 0 fully saturated rings. The van der Waals surface area contributed by atoms with Gasteiger partial charge in [-0.2, -0.15) is 0 Å². The first-order chi connectivity index (χ1) is 7.86. The van der Waals surface area contributed by atoms with Crippen molar-refractivity contribution in [3.8, 4) is 0 Å². The lowest BCUT2D eigenvalue weighted by Gasteiger charge is -2.13. The van der Waals surface area contributed by atoms with Crippen molar-refractivity contribution in [1.29, 1.82) is 0 Å². The molecule has 1 unspecified atom stereocenters. The molecule has 1 rings (SSSR count). The maximum atomic E-state index is 11.9. The van der Waals surface area contributed by atoms with E-state index in [4.69, 9.17) is 27.9 Å². The highest BCUT2D eigenvalue weighted by molar-refractivity contribution is 7.89. The first kappa shape index (κ1) is 14.7. The van der Waals surface area contributed by atoms with Gasteiger partial charge in [-0.1, -0.05) is 23.2 Å². The Morgan fingerprint density at radius 1 is 1.53 bits per heavy atom. The zero-order valence-electron chi connectivity index (χ0n) is 9.28. The molecule has 17 heavy (non-hydrogen) atoms. The minimum Gasteiger partial charge on any atom is -0.383 e. The number of aromatic nitrogens is 1. The summed E-state index contributed by atoms with van der Waals surface area (Å²) in [5, 5.41) is 0.157. The summed E-state index contributed by atoms with van der Waals surface area (Å²) in [4.78, 5) is 3.65. The Kier molecular flexibility index (Phi) is 5.15. The third kappa shape index (κ3) is 4.08. The molecular weight excluding hydrogens is 287 g/mol. The molecule has 1 aromatic heterocycles. The van der Waals surface area contributed by atoms with E-state index in [9.17, 15) is 8.42 Å². The van der Waals surface area contributed by atoms with Crippen molar-refractivity contribution < 1.29 is 13.2 Å². The van der Waals surface area contributed by atoms with Crippen molar-refractivity contribution in [2.24, 2.45) is 0 Å². The average molecular weight is 299 g/mol. The molecule has 0 bridgehead atoms. The summed E-state index contributed by atoms with van der Waals surface area (Å²) in [7, 11) is -2.16. The van der Waals surface area contributed by atoms with Gasteiger partial charge in [0.1, 0.15) is 10.0 Å². The molecule has 0 aliphatic carbocycles. The first-order valence-corrected chi connectivity index (χ1v) is 6.93. The lowest BCUT2D eigenvalue weighted by atomic mass is 10.4. The van der Waals surface area contributed by atoms with E-state index in [-0.39, 0.29) is 27.7 Å². The van der Waals surface area contributed by atoms with Crippen molar-refractivity contribution in [3.63, 3.8) is 0 Å². The van der Waals surface area contributed by atoms with Crippen LogP contribution in [0, 0.1) is 0 Å². The summed E-state index contributed by atoms with van der Waals surface area (Å²) in [6, 6.07) is 0.901. The van der Waals surface area contributed by atoms with Crippen LogP contribution in [-0.2, 0) is 14.8 Å². The van der Waals surface area contributed by atoms with Crippen LogP contribution >= 0.6 is 23.2 Å². The highest BCUT2D eigenvalue weighted by Crippen LogP contribution is 2.22. The molecule has 0 spiro atoms. The van der Waals surface area contributed by atoms with Crippen LogP contribution in [0.5, 0.6) is 0 Å². The van der Waals surface area contributed by atoms with Crippen LogP contribution in [0.15, 0.2) is 17.2 Å². The van der Waals surface area contributed by atoms with Crippen LogP contribution in [0.25, 0.3) is 0 Å². The van der Waals surface area contributed by atoms with E-state index in [1.165, 1.54) is 13.2 Å². The maximum Gasteiger partial charge on any atom is 0.242 e. The monoisotopic (exact) mass is 298 g/mol. The van der Waals surface area contributed by atoms with Crippen LogP contribution < -0.4 is 4.72 Å². The second-order valence-corrected chi connectivity index (χ2v) is 5.90. The SMILES string of the molecule is COCC(C)NS(=O)(=O)c1cnc(Cl)c(Cl)c1. The topological polar surface area (TPSA) is 68.3 Å². The fraction of sp³-hybridized carbons (Fsp3) is 0.444. The number of nitrogens with zero attached hydrogens (tertiary/aromatic N) is 1. The largest absolute Gasteiger partial charge is 0.383 e. The van der Waals surface area contributed by atoms with Crippen LogP contribution in [0.1, 0.15) is 6.92 Å². The fourth-order valence-electron chi connectivity index (χ4n) is 1.17. The number of nitrogens with one attached hydrogen (secondary N) is 1. The van der Waals surface area contributed by atoms with E-state index < -0.39 is 10.0 Å². The molecule has 1 N–H and O–H groups in total. The molecule has 0 saturated carbocycles. The molecule has 8 heteroatoms. The van der Waals surface area contributed by atoms with Gasteiger partial charge in [0.25, 0.3) is 0 Å². The number of hydrogen-bond donors (Lipinski definition) is 1. The van der Waals surface area contributed by atoms with Gasteiger partial charge in [0, 0.05) is 19.3 Å². The standard InChI is InChI=1S/C9H12Cl2N2O3S/c1-6(5-16-2)13-17(14,15)7-3-8(10)9(11)12-4-7/h3-4,6,13H,5H2,1-2H3. The highest BCUT2D eigenvalue weighted by atomic mass is 35.5. The van der Waals surface area contributed by atoms with E-state index >= 15 is 0 Å². The van der Waals surface area contributed by atoms with Crippen molar-refractivity contribution in [3.05, 3.63) is 22.4 Å². The third-order valence-corrected chi connectivity index (χ3v) is 4.10. The number of pyridine rings is 1. The summed E-state index contributed by atoms with van der Waals surface area (Å²) in [6.07, 6.45) is 1.15. The number of halogens is 2. The van der Waals surface area contributed by atoms with E-state index in [1.807, 2.05) is 0 Å². The van der Waals surface area contributed by atoms with Crippen molar-refractivity contribution in [2.75, 3.05) is 13.7 Å². The predicted molar refractivity (Wildman–Crippen MR) is 65.9 cm³/mol. The van der Waals surface area contributed by atoms with E-state index in [2.05, 4.69) is 9.71 Å². The third-order valence-electron chi connectivity index (χ3n) is 1.85. The fourth-order valence-corrected chi connectivity index (χ4v) is 2.70. The van der Waals surface area contributed by atoms with Gasteiger partial charge >= 0.3 is 0 Å². The van der Waals surface area contributed by atoms with Gasteiger partial charge in [-0.05, 0) is 13.0 Å². The van der Waals surface area contributed by atoms with Gasteiger partial charge in [0.15, 0.2) is 0 Å². The van der Waals surface area contributed by atoms with Gasteiger partial charge in [-0.25, -0.2) is 18.1 Å². The maximum absolute atomic E-state index is 11.9. The Bertz CT molecular complexity index is 493. The van der Waals surface area contributed by atoms with E-state index in [0.29, 0.717) is 0 Å². The molecule has 96 valence electrons. The van der Waals surface area contributed by atoms with E-state index in [0.717, 1.165) is 6.20 Å². The smallest absolute Gasteiger partial charge is 0.242 e. The summed E-state index contributed by atoms with van der Waals surface area (Å²) < 4.78 is 31.0. The minimum atomic E-state index is -3.66. The molecule has 0 radical (unpaired) electrons. The quantitative estimate of drug-likeness (QED) is 0.840. The number of methoxy groups -OCH3 is 1. The Balaban J connectivity index is 2.93. The molecule has 0 saturated heterocycles. The second-order valence-electron chi connectivity index (χ2n) is 3.42. The molecule has 0 amide bonds. The number of sulfonamides is 1. The molecule has 1 heterocycles. The lowest BCUT2D eigenvalue weighted by molar-refractivity contribution is 0.180. The summed E-state index contributed by atoms with van der Waals surface area (Å²) >= 11 is 11.3. The highest BCUT2D eigenvalue weighted by Gasteiger charge is 2.18.